The number of rotatable bonds is 4. The summed E-state index contributed by atoms with van der Waals surface area (Å²) >= 11 is 0. The summed E-state index contributed by atoms with van der Waals surface area (Å²) in [7, 11) is 5.09. The molecular formula is C17H25ClN2O3. The first-order valence-corrected chi connectivity index (χ1v) is 7.87. The Labute approximate surface area is 143 Å². The average molecular weight is 341 g/mol. The van der Waals surface area contributed by atoms with Gasteiger partial charge < -0.3 is 19.7 Å². The Morgan fingerprint density at radius 2 is 1.83 bits per heavy atom. The lowest BCUT2D eigenvalue weighted by atomic mass is 9.98. The molecule has 1 aromatic rings. The highest BCUT2D eigenvalue weighted by atomic mass is 35.5. The van der Waals surface area contributed by atoms with Gasteiger partial charge in [0.05, 0.1) is 19.8 Å². The number of carbonyl (C=O) groups is 1. The molecule has 6 heteroatoms. The highest BCUT2D eigenvalue weighted by molar-refractivity contribution is 5.97. The fourth-order valence-corrected chi connectivity index (χ4v) is 3.67. The molecule has 23 heavy (non-hydrogen) atoms. The molecule has 2 aliphatic heterocycles. The summed E-state index contributed by atoms with van der Waals surface area (Å²) in [4.78, 5) is 14.7. The highest BCUT2D eigenvalue weighted by Gasteiger charge is 2.36. The van der Waals surface area contributed by atoms with Crippen LogP contribution in [0.3, 0.4) is 0 Å². The Bertz CT molecular complexity index is 555. The average Bonchev–Trinajstić information content (AvgIpc) is 2.90. The van der Waals surface area contributed by atoms with Crippen molar-refractivity contribution in [3.05, 3.63) is 23.8 Å². The molecule has 2 atom stereocenters. The van der Waals surface area contributed by atoms with Crippen LogP contribution in [0.2, 0.25) is 0 Å². The standard InChI is InChI=1S/C17H24N2O3.ClH/c1-19(13-8-11-4-5-12(9-13)18-11)17(20)15-7-6-14(21-2)10-16(15)22-3;/h6-7,10-13,18H,4-5,8-9H2,1-3H3;1H. The molecule has 2 unspecified atom stereocenters. The summed E-state index contributed by atoms with van der Waals surface area (Å²) in [5.41, 5.74) is 0.594. The third-order valence-corrected chi connectivity index (χ3v) is 4.96. The third-order valence-electron chi connectivity index (χ3n) is 4.96. The van der Waals surface area contributed by atoms with Crippen LogP contribution in [0.4, 0.5) is 0 Å². The van der Waals surface area contributed by atoms with Crippen molar-refractivity contribution in [3.8, 4) is 11.5 Å². The van der Waals surface area contributed by atoms with E-state index in [0.717, 1.165) is 12.8 Å². The summed E-state index contributed by atoms with van der Waals surface area (Å²) in [5.74, 6) is 1.27. The van der Waals surface area contributed by atoms with Gasteiger partial charge in [-0.2, -0.15) is 0 Å². The van der Waals surface area contributed by atoms with Gasteiger partial charge in [-0.25, -0.2) is 0 Å². The van der Waals surface area contributed by atoms with Crippen molar-refractivity contribution in [2.75, 3.05) is 21.3 Å². The smallest absolute Gasteiger partial charge is 0.257 e. The number of ether oxygens (including phenoxy) is 2. The van der Waals surface area contributed by atoms with Gasteiger partial charge in [-0.3, -0.25) is 4.79 Å². The fraction of sp³-hybridized carbons (Fsp3) is 0.588. The fourth-order valence-electron chi connectivity index (χ4n) is 3.67. The van der Waals surface area contributed by atoms with Crippen LogP contribution in [0.25, 0.3) is 0 Å². The van der Waals surface area contributed by atoms with Crippen LogP contribution in [-0.4, -0.2) is 50.2 Å². The third kappa shape index (κ3) is 3.56. The number of benzene rings is 1. The number of hydrogen-bond acceptors (Lipinski definition) is 4. The molecule has 0 radical (unpaired) electrons. The van der Waals surface area contributed by atoms with E-state index in [1.54, 1.807) is 32.4 Å². The van der Waals surface area contributed by atoms with Crippen molar-refractivity contribution >= 4 is 18.3 Å². The Morgan fingerprint density at radius 1 is 1.17 bits per heavy atom. The Balaban J connectivity index is 0.00000192. The Hall–Kier alpha value is -1.46. The number of amides is 1. The van der Waals surface area contributed by atoms with Gasteiger partial charge in [0.2, 0.25) is 0 Å². The number of piperidine rings is 1. The molecule has 1 amide bonds. The molecule has 2 aliphatic rings. The first-order chi connectivity index (χ1) is 10.6. The lowest BCUT2D eigenvalue weighted by Gasteiger charge is -2.35. The van der Waals surface area contributed by atoms with E-state index in [1.807, 2.05) is 11.9 Å². The molecule has 1 N–H and O–H groups in total. The minimum absolute atomic E-state index is 0. The van der Waals surface area contributed by atoms with Crippen LogP contribution in [0, 0.1) is 0 Å². The van der Waals surface area contributed by atoms with Crippen molar-refractivity contribution in [3.63, 3.8) is 0 Å². The molecule has 3 rings (SSSR count). The van der Waals surface area contributed by atoms with Crippen LogP contribution >= 0.6 is 12.4 Å². The summed E-state index contributed by atoms with van der Waals surface area (Å²) < 4.78 is 10.6. The van der Waals surface area contributed by atoms with Crippen molar-refractivity contribution in [2.24, 2.45) is 0 Å². The van der Waals surface area contributed by atoms with E-state index in [2.05, 4.69) is 5.32 Å². The van der Waals surface area contributed by atoms with Crippen LogP contribution in [0.1, 0.15) is 36.0 Å². The first kappa shape index (κ1) is 17.9. The number of fused-ring (bicyclic) bond motifs is 2. The summed E-state index contributed by atoms with van der Waals surface area (Å²) in [5, 5.41) is 3.61. The topological polar surface area (TPSA) is 50.8 Å². The number of halogens is 1. The summed E-state index contributed by atoms with van der Waals surface area (Å²) in [6.07, 6.45) is 4.54. The molecule has 2 saturated heterocycles. The largest absolute Gasteiger partial charge is 0.497 e. The maximum atomic E-state index is 12.8. The molecule has 2 heterocycles. The molecule has 128 valence electrons. The number of methoxy groups -OCH3 is 2. The maximum absolute atomic E-state index is 12.8. The molecule has 0 spiro atoms. The molecule has 1 aromatic carbocycles. The van der Waals surface area contributed by atoms with Crippen molar-refractivity contribution in [2.45, 2.75) is 43.8 Å². The maximum Gasteiger partial charge on any atom is 0.257 e. The van der Waals surface area contributed by atoms with E-state index >= 15 is 0 Å². The summed E-state index contributed by atoms with van der Waals surface area (Å²) in [6, 6.07) is 6.78. The lowest BCUT2D eigenvalue weighted by molar-refractivity contribution is 0.0678. The van der Waals surface area contributed by atoms with Crippen LogP contribution in [-0.2, 0) is 0 Å². The second-order valence-electron chi connectivity index (χ2n) is 6.25. The minimum Gasteiger partial charge on any atom is -0.497 e. The van der Waals surface area contributed by atoms with Crippen molar-refractivity contribution in [1.82, 2.24) is 10.2 Å². The zero-order valence-corrected chi connectivity index (χ0v) is 14.7. The highest BCUT2D eigenvalue weighted by Crippen LogP contribution is 2.31. The Morgan fingerprint density at radius 3 is 2.39 bits per heavy atom. The molecule has 2 bridgehead atoms. The van der Waals surface area contributed by atoms with Gasteiger partial charge in [0.25, 0.3) is 5.91 Å². The van der Waals surface area contributed by atoms with Gasteiger partial charge in [-0.1, -0.05) is 0 Å². The lowest BCUT2D eigenvalue weighted by Crippen LogP contribution is -2.48. The van der Waals surface area contributed by atoms with Gasteiger partial charge in [0.15, 0.2) is 0 Å². The minimum atomic E-state index is 0. The van der Waals surface area contributed by atoms with Gasteiger partial charge in [0.1, 0.15) is 11.5 Å². The van der Waals surface area contributed by atoms with Crippen LogP contribution in [0.5, 0.6) is 11.5 Å². The first-order valence-electron chi connectivity index (χ1n) is 7.87. The van der Waals surface area contributed by atoms with E-state index in [9.17, 15) is 4.79 Å². The monoisotopic (exact) mass is 340 g/mol. The van der Waals surface area contributed by atoms with Crippen LogP contribution < -0.4 is 14.8 Å². The number of nitrogens with zero attached hydrogens (tertiary/aromatic N) is 1. The molecule has 5 nitrogen and oxygen atoms in total. The number of hydrogen-bond donors (Lipinski definition) is 1. The van der Waals surface area contributed by atoms with Gasteiger partial charge in [-0.15, -0.1) is 12.4 Å². The zero-order chi connectivity index (χ0) is 15.7. The molecule has 2 fully saturated rings. The number of carbonyl (C=O) groups excluding carboxylic acids is 1. The molecule has 0 aliphatic carbocycles. The molecule has 0 saturated carbocycles. The van der Waals surface area contributed by atoms with E-state index < -0.39 is 0 Å². The van der Waals surface area contributed by atoms with Crippen LogP contribution in [0.15, 0.2) is 18.2 Å². The van der Waals surface area contributed by atoms with E-state index in [4.69, 9.17) is 9.47 Å². The number of nitrogens with one attached hydrogen (secondary N) is 1. The second kappa shape index (κ2) is 7.41. The predicted molar refractivity (Wildman–Crippen MR) is 91.9 cm³/mol. The van der Waals surface area contributed by atoms with E-state index in [-0.39, 0.29) is 18.3 Å². The zero-order valence-electron chi connectivity index (χ0n) is 13.9. The van der Waals surface area contributed by atoms with Gasteiger partial charge >= 0.3 is 0 Å². The quantitative estimate of drug-likeness (QED) is 0.915. The molecular weight excluding hydrogens is 316 g/mol. The van der Waals surface area contributed by atoms with E-state index in [0.29, 0.717) is 35.2 Å². The Kier molecular flexibility index (Phi) is 5.76. The van der Waals surface area contributed by atoms with Gasteiger partial charge in [-0.05, 0) is 37.8 Å². The SMILES string of the molecule is COc1ccc(C(=O)N(C)C2CC3CCC(C2)N3)c(OC)c1.Cl. The molecule has 0 aromatic heterocycles. The summed E-state index contributed by atoms with van der Waals surface area (Å²) in [6.45, 7) is 0. The van der Waals surface area contributed by atoms with Crippen molar-refractivity contribution in [1.29, 1.82) is 0 Å². The van der Waals surface area contributed by atoms with E-state index in [1.165, 1.54) is 12.8 Å². The second-order valence-corrected chi connectivity index (χ2v) is 6.25. The predicted octanol–water partition coefficient (Wildman–Crippen LogP) is 2.48. The van der Waals surface area contributed by atoms with Crippen molar-refractivity contribution < 1.29 is 14.3 Å². The van der Waals surface area contributed by atoms with Gasteiger partial charge in [0, 0.05) is 31.2 Å². The normalized spacial score (nSPS) is 25.4.